The van der Waals surface area contributed by atoms with Gasteiger partial charge in [0.05, 0.1) is 4.90 Å². The van der Waals surface area contributed by atoms with Crippen LogP contribution in [0.3, 0.4) is 0 Å². The molecule has 6 nitrogen and oxygen atoms in total. The highest BCUT2D eigenvalue weighted by Crippen LogP contribution is 2.22. The van der Waals surface area contributed by atoms with E-state index in [0.29, 0.717) is 35.8 Å². The van der Waals surface area contributed by atoms with Crippen molar-refractivity contribution in [2.75, 3.05) is 19.6 Å². The average Bonchev–Trinajstić information content (AvgIpc) is 2.69. The van der Waals surface area contributed by atoms with E-state index in [1.165, 1.54) is 6.07 Å². The van der Waals surface area contributed by atoms with Crippen LogP contribution in [0.2, 0.25) is 5.02 Å². The Hall–Kier alpha value is -1.96. The van der Waals surface area contributed by atoms with E-state index in [9.17, 15) is 13.2 Å². The van der Waals surface area contributed by atoms with Crippen LogP contribution in [-0.4, -0.2) is 43.8 Å². The maximum Gasteiger partial charge on any atom is 0.253 e. The first-order valence-corrected chi connectivity index (χ1v) is 10.7. The summed E-state index contributed by atoms with van der Waals surface area (Å²) in [5, 5.41) is 0.393. The Morgan fingerprint density at radius 2 is 1.89 bits per heavy atom. The van der Waals surface area contributed by atoms with Crippen molar-refractivity contribution in [1.29, 1.82) is 0 Å². The van der Waals surface area contributed by atoms with E-state index in [0.717, 1.165) is 12.8 Å². The van der Waals surface area contributed by atoms with Crippen LogP contribution in [0, 0.1) is 12.8 Å². The molecule has 2 aromatic rings. The fourth-order valence-electron chi connectivity index (χ4n) is 3.19. The van der Waals surface area contributed by atoms with Gasteiger partial charge in [-0.3, -0.25) is 9.78 Å². The van der Waals surface area contributed by atoms with Gasteiger partial charge < -0.3 is 4.90 Å². The number of likely N-dealkylation sites (tertiary alicyclic amines) is 1. The van der Waals surface area contributed by atoms with Crippen LogP contribution in [0.5, 0.6) is 0 Å². The number of amides is 1. The minimum absolute atomic E-state index is 0.00835. The Morgan fingerprint density at radius 3 is 2.56 bits per heavy atom. The van der Waals surface area contributed by atoms with Gasteiger partial charge in [-0.25, -0.2) is 13.1 Å². The van der Waals surface area contributed by atoms with Gasteiger partial charge in [0.15, 0.2) is 0 Å². The number of carbonyl (C=O) groups excluding carboxylic acids is 1. The number of nitrogens with zero attached hydrogens (tertiary/aromatic N) is 2. The van der Waals surface area contributed by atoms with Gasteiger partial charge in [-0.1, -0.05) is 17.7 Å². The molecule has 0 saturated carbocycles. The molecule has 1 amide bonds. The zero-order chi connectivity index (χ0) is 19.4. The Balaban J connectivity index is 1.55. The van der Waals surface area contributed by atoms with E-state index in [1.54, 1.807) is 48.5 Å². The normalized spacial score (nSPS) is 15.7. The first kappa shape index (κ1) is 19.8. The average molecular weight is 408 g/mol. The first-order chi connectivity index (χ1) is 12.9. The van der Waals surface area contributed by atoms with Crippen molar-refractivity contribution in [2.45, 2.75) is 24.7 Å². The molecule has 1 N–H and O–H groups in total. The molecule has 0 spiro atoms. The molecule has 0 aliphatic carbocycles. The molecule has 0 unspecified atom stereocenters. The standard InChI is InChI=1S/C19H22ClN3O3S/c1-14-2-3-17(20)12-18(14)27(25,26)22-13-15-6-10-23(11-7-15)19(24)16-4-8-21-9-5-16/h2-5,8-9,12,15,22H,6-7,10-11,13H2,1H3. The van der Waals surface area contributed by atoms with Crippen LogP contribution in [0.1, 0.15) is 28.8 Å². The van der Waals surface area contributed by atoms with Gasteiger partial charge in [-0.05, 0) is 55.5 Å². The smallest absolute Gasteiger partial charge is 0.253 e. The molecule has 0 radical (unpaired) electrons. The van der Waals surface area contributed by atoms with E-state index in [2.05, 4.69) is 9.71 Å². The highest BCUT2D eigenvalue weighted by atomic mass is 35.5. The first-order valence-electron chi connectivity index (χ1n) is 8.82. The largest absolute Gasteiger partial charge is 0.339 e. The lowest BCUT2D eigenvalue weighted by atomic mass is 9.97. The molecule has 1 fully saturated rings. The second kappa shape index (κ2) is 8.37. The van der Waals surface area contributed by atoms with Crippen molar-refractivity contribution in [3.8, 4) is 0 Å². The van der Waals surface area contributed by atoms with Gasteiger partial charge in [-0.15, -0.1) is 0 Å². The van der Waals surface area contributed by atoms with Gasteiger partial charge in [-0.2, -0.15) is 0 Å². The summed E-state index contributed by atoms with van der Waals surface area (Å²) in [5.74, 6) is 0.187. The zero-order valence-electron chi connectivity index (χ0n) is 15.1. The van der Waals surface area contributed by atoms with Crippen molar-refractivity contribution >= 4 is 27.5 Å². The maximum absolute atomic E-state index is 12.6. The molecule has 0 bridgehead atoms. The third kappa shape index (κ3) is 4.86. The van der Waals surface area contributed by atoms with Crippen molar-refractivity contribution in [2.24, 2.45) is 5.92 Å². The lowest BCUT2D eigenvalue weighted by molar-refractivity contribution is 0.0692. The molecule has 1 saturated heterocycles. The number of hydrogen-bond donors (Lipinski definition) is 1. The summed E-state index contributed by atoms with van der Waals surface area (Å²) < 4.78 is 27.8. The SMILES string of the molecule is Cc1ccc(Cl)cc1S(=O)(=O)NCC1CCN(C(=O)c2ccncc2)CC1. The van der Waals surface area contributed by atoms with Crippen molar-refractivity contribution in [3.05, 3.63) is 58.9 Å². The van der Waals surface area contributed by atoms with E-state index < -0.39 is 10.0 Å². The molecule has 8 heteroatoms. The molecule has 0 atom stereocenters. The molecule has 1 aromatic heterocycles. The van der Waals surface area contributed by atoms with E-state index in [4.69, 9.17) is 11.6 Å². The third-order valence-electron chi connectivity index (χ3n) is 4.83. The maximum atomic E-state index is 12.6. The van der Waals surface area contributed by atoms with Crippen molar-refractivity contribution in [3.63, 3.8) is 0 Å². The lowest BCUT2D eigenvalue weighted by Crippen LogP contribution is -2.41. The number of piperidine rings is 1. The van der Waals surface area contributed by atoms with Crippen LogP contribution in [0.4, 0.5) is 0 Å². The summed E-state index contributed by atoms with van der Waals surface area (Å²) in [6, 6.07) is 8.24. The minimum Gasteiger partial charge on any atom is -0.339 e. The minimum atomic E-state index is -3.61. The molecule has 1 aliphatic heterocycles. The quantitative estimate of drug-likeness (QED) is 0.826. The number of pyridine rings is 1. The summed E-state index contributed by atoms with van der Waals surface area (Å²) in [4.78, 5) is 18.4. The molecule has 2 heterocycles. The topological polar surface area (TPSA) is 79.4 Å². The van der Waals surface area contributed by atoms with Crippen LogP contribution >= 0.6 is 11.6 Å². The fraction of sp³-hybridized carbons (Fsp3) is 0.368. The monoisotopic (exact) mass is 407 g/mol. The molecule has 1 aliphatic rings. The highest BCUT2D eigenvalue weighted by Gasteiger charge is 2.25. The summed E-state index contributed by atoms with van der Waals surface area (Å²) >= 11 is 5.93. The Bertz CT molecular complexity index is 911. The second-order valence-corrected chi connectivity index (χ2v) is 8.90. The van der Waals surface area contributed by atoms with Crippen molar-refractivity contribution < 1.29 is 13.2 Å². The summed E-state index contributed by atoms with van der Waals surface area (Å²) in [6.07, 6.45) is 4.72. The van der Waals surface area contributed by atoms with Crippen LogP contribution in [-0.2, 0) is 10.0 Å². The van der Waals surface area contributed by atoms with E-state index >= 15 is 0 Å². The molecule has 1 aromatic carbocycles. The fourth-order valence-corrected chi connectivity index (χ4v) is 4.81. The predicted octanol–water partition coefficient (Wildman–Crippen LogP) is 2.87. The molecule has 27 heavy (non-hydrogen) atoms. The number of carbonyl (C=O) groups is 1. The number of halogens is 1. The number of aromatic nitrogens is 1. The van der Waals surface area contributed by atoms with Crippen molar-refractivity contribution in [1.82, 2.24) is 14.6 Å². The van der Waals surface area contributed by atoms with E-state index in [1.807, 2.05) is 0 Å². The summed E-state index contributed by atoms with van der Waals surface area (Å²) in [5.41, 5.74) is 1.28. The summed E-state index contributed by atoms with van der Waals surface area (Å²) in [6.45, 7) is 3.33. The molecule has 144 valence electrons. The van der Waals surface area contributed by atoms with Crippen LogP contribution in [0.25, 0.3) is 0 Å². The van der Waals surface area contributed by atoms with Gasteiger partial charge in [0.2, 0.25) is 10.0 Å². The number of hydrogen-bond acceptors (Lipinski definition) is 4. The Morgan fingerprint density at radius 1 is 1.22 bits per heavy atom. The summed E-state index contributed by atoms with van der Waals surface area (Å²) in [7, 11) is -3.61. The van der Waals surface area contributed by atoms with Gasteiger partial charge in [0.1, 0.15) is 0 Å². The highest BCUT2D eigenvalue weighted by molar-refractivity contribution is 7.89. The Labute approximate surface area is 164 Å². The number of sulfonamides is 1. The van der Waals surface area contributed by atoms with E-state index in [-0.39, 0.29) is 16.7 Å². The predicted molar refractivity (Wildman–Crippen MR) is 104 cm³/mol. The zero-order valence-corrected chi connectivity index (χ0v) is 16.6. The Kier molecular flexibility index (Phi) is 6.14. The van der Waals surface area contributed by atoms with Crippen LogP contribution < -0.4 is 4.72 Å². The van der Waals surface area contributed by atoms with Crippen LogP contribution in [0.15, 0.2) is 47.6 Å². The number of rotatable bonds is 5. The molecular weight excluding hydrogens is 386 g/mol. The lowest BCUT2D eigenvalue weighted by Gasteiger charge is -2.32. The third-order valence-corrected chi connectivity index (χ3v) is 6.63. The van der Waals surface area contributed by atoms with Gasteiger partial charge in [0, 0.05) is 42.6 Å². The second-order valence-electron chi connectivity index (χ2n) is 6.73. The number of benzene rings is 1. The molecule has 3 rings (SSSR count). The number of aryl methyl sites for hydroxylation is 1. The molecular formula is C19H22ClN3O3S. The number of nitrogens with one attached hydrogen (secondary N) is 1. The van der Waals surface area contributed by atoms with Gasteiger partial charge >= 0.3 is 0 Å². The van der Waals surface area contributed by atoms with Gasteiger partial charge in [0.25, 0.3) is 5.91 Å².